The number of hydrogen-bond donors (Lipinski definition) is 0. The summed E-state index contributed by atoms with van der Waals surface area (Å²) in [5, 5.41) is 1.32. The third kappa shape index (κ3) is 6.40. The Kier molecular flexibility index (Phi) is 9.66. The minimum Gasteiger partial charge on any atom is -0.307 e. The first-order valence-corrected chi connectivity index (χ1v) is 15.4. The number of halogens is 2. The van der Waals surface area contributed by atoms with Gasteiger partial charge in [0.15, 0.2) is 0 Å². The maximum atomic E-state index is 12.8. The van der Waals surface area contributed by atoms with Gasteiger partial charge in [-0.3, -0.25) is 9.59 Å². The van der Waals surface area contributed by atoms with E-state index in [1.54, 1.807) is 0 Å². The number of para-hydroxylation sites is 2. The zero-order chi connectivity index (χ0) is 29.6. The molecule has 0 aliphatic carbocycles. The summed E-state index contributed by atoms with van der Waals surface area (Å²) in [5.74, 6) is 0.901. The number of amides is 2. The van der Waals surface area contributed by atoms with Crippen LogP contribution in [0, 0.1) is 0 Å². The van der Waals surface area contributed by atoms with Crippen LogP contribution < -0.4 is 9.80 Å². The van der Waals surface area contributed by atoms with Crippen LogP contribution in [0.25, 0.3) is 0 Å². The fourth-order valence-electron chi connectivity index (χ4n) is 5.95. The van der Waals surface area contributed by atoms with Crippen LogP contribution in [0.2, 0.25) is 10.0 Å². The van der Waals surface area contributed by atoms with Gasteiger partial charge in [0.05, 0.1) is 21.4 Å². The summed E-state index contributed by atoms with van der Waals surface area (Å²) in [5.41, 5.74) is 5.53. The van der Waals surface area contributed by atoms with Crippen molar-refractivity contribution in [1.29, 1.82) is 0 Å². The highest BCUT2D eigenvalue weighted by Gasteiger charge is 2.28. The smallest absolute Gasteiger partial charge is 0.258 e. The highest BCUT2D eigenvalue weighted by molar-refractivity contribution is 6.34. The molecule has 0 N–H and O–H groups in total. The van der Waals surface area contributed by atoms with Gasteiger partial charge in [0.2, 0.25) is 0 Å². The molecule has 0 radical (unpaired) electrons. The van der Waals surface area contributed by atoms with E-state index in [-0.39, 0.29) is 11.8 Å². The highest BCUT2D eigenvalue weighted by atomic mass is 35.5. The van der Waals surface area contributed by atoms with Gasteiger partial charge in [-0.1, -0.05) is 97.7 Å². The molecule has 0 fully saturated rings. The normalized spacial score (nSPS) is 18.0. The predicted octanol–water partition coefficient (Wildman–Crippen LogP) is 9.77. The van der Waals surface area contributed by atoms with Gasteiger partial charge in [0, 0.05) is 24.2 Å². The van der Waals surface area contributed by atoms with Gasteiger partial charge < -0.3 is 9.80 Å². The summed E-state index contributed by atoms with van der Waals surface area (Å²) < 4.78 is 0. The Morgan fingerprint density at radius 3 is 1.33 bits per heavy atom. The third-order valence-corrected chi connectivity index (χ3v) is 8.82. The van der Waals surface area contributed by atoms with Crippen molar-refractivity contribution in [3.8, 4) is 0 Å². The van der Waals surface area contributed by atoms with E-state index < -0.39 is 0 Å². The molecule has 2 aliphatic heterocycles. The summed E-state index contributed by atoms with van der Waals surface area (Å²) in [7, 11) is 0. The van der Waals surface area contributed by atoms with Crippen molar-refractivity contribution >= 4 is 46.4 Å². The number of anilines is 2. The maximum absolute atomic E-state index is 12.8. The van der Waals surface area contributed by atoms with E-state index in [1.807, 2.05) is 94.7 Å². The Bertz CT molecular complexity index is 1420. The lowest BCUT2D eigenvalue weighted by Crippen LogP contribution is -2.32. The Labute approximate surface area is 258 Å². The second kappa shape index (κ2) is 13.6. The molecule has 0 saturated carbocycles. The van der Waals surface area contributed by atoms with E-state index in [0.29, 0.717) is 33.0 Å². The fourth-order valence-corrected chi connectivity index (χ4v) is 6.52. The molecule has 2 amide bonds. The summed E-state index contributed by atoms with van der Waals surface area (Å²) in [6.07, 6.45) is 4.13. The number of nitrogens with zero attached hydrogens (tertiary/aromatic N) is 2. The van der Waals surface area contributed by atoms with Gasteiger partial charge in [-0.25, -0.2) is 0 Å². The number of carbonyl (C=O) groups excluding carboxylic acids is 2. The molecule has 2 atom stereocenters. The highest BCUT2D eigenvalue weighted by Crippen LogP contribution is 2.40. The molecule has 0 saturated heterocycles. The number of hydrogen-bond acceptors (Lipinski definition) is 2. The van der Waals surface area contributed by atoms with Crippen LogP contribution in [0.3, 0.4) is 0 Å². The average molecular weight is 600 g/mol. The fraction of sp³-hybridized carbons (Fsp3) is 0.278. The van der Waals surface area contributed by atoms with Gasteiger partial charge in [-0.15, -0.1) is 0 Å². The average Bonchev–Trinajstić information content (AvgIpc) is 3.30. The molecule has 6 heteroatoms. The van der Waals surface area contributed by atoms with Crippen molar-refractivity contribution < 1.29 is 9.59 Å². The topological polar surface area (TPSA) is 40.6 Å². The van der Waals surface area contributed by atoms with Crippen LogP contribution in [0.1, 0.15) is 83.2 Å². The van der Waals surface area contributed by atoms with Gasteiger partial charge >= 0.3 is 0 Å². The van der Waals surface area contributed by atoms with Crippen molar-refractivity contribution in [2.75, 3.05) is 22.9 Å². The largest absolute Gasteiger partial charge is 0.307 e. The molecule has 42 heavy (non-hydrogen) atoms. The van der Waals surface area contributed by atoms with Crippen LogP contribution in [0.15, 0.2) is 97.1 Å². The van der Waals surface area contributed by atoms with Gasteiger partial charge in [-0.2, -0.15) is 0 Å². The monoisotopic (exact) mass is 598 g/mol. The molecule has 0 unspecified atom stereocenters. The lowest BCUT2D eigenvalue weighted by Gasteiger charge is -2.24. The summed E-state index contributed by atoms with van der Waals surface area (Å²) in [6.45, 7) is 5.83. The first kappa shape index (κ1) is 29.9. The molecule has 4 aromatic carbocycles. The number of rotatable bonds is 2. The van der Waals surface area contributed by atoms with Gasteiger partial charge in [-0.05, 0) is 85.0 Å². The van der Waals surface area contributed by atoms with Crippen molar-refractivity contribution in [2.45, 2.75) is 51.4 Å². The minimum atomic E-state index is 0.0269. The van der Waals surface area contributed by atoms with Crippen LogP contribution in [-0.2, 0) is 0 Å². The van der Waals surface area contributed by atoms with Crippen molar-refractivity contribution in [3.05, 3.63) is 129 Å². The first-order chi connectivity index (χ1) is 20.4. The molecule has 4 aromatic rings. The van der Waals surface area contributed by atoms with Crippen LogP contribution in [0.5, 0.6) is 0 Å². The summed E-state index contributed by atoms with van der Waals surface area (Å²) in [6, 6.07) is 30.6. The molecule has 0 spiro atoms. The van der Waals surface area contributed by atoms with E-state index in [2.05, 4.69) is 26.0 Å². The van der Waals surface area contributed by atoms with E-state index in [4.69, 9.17) is 23.2 Å². The standard InChI is InChI=1S/2C18H18ClNO/c2*1-13-7-6-12-20(17-15(13)10-5-11-16(17)19)18(21)14-8-3-2-4-9-14/h2*2-5,8-11,13H,6-7,12H2,1H3/t2*13-/m11/s1. The van der Waals surface area contributed by atoms with E-state index >= 15 is 0 Å². The Morgan fingerprint density at radius 1 is 0.571 bits per heavy atom. The molecule has 4 nitrogen and oxygen atoms in total. The molecule has 2 heterocycles. The molecular weight excluding hydrogens is 563 g/mol. The van der Waals surface area contributed by atoms with Gasteiger partial charge in [0.25, 0.3) is 11.8 Å². The van der Waals surface area contributed by atoms with Crippen LogP contribution >= 0.6 is 23.2 Å². The number of benzene rings is 4. The third-order valence-electron chi connectivity index (χ3n) is 8.21. The van der Waals surface area contributed by atoms with E-state index in [0.717, 1.165) is 50.1 Å². The lowest BCUT2D eigenvalue weighted by atomic mass is 9.96. The minimum absolute atomic E-state index is 0.0269. The van der Waals surface area contributed by atoms with E-state index in [9.17, 15) is 9.59 Å². The Hall–Kier alpha value is -3.60. The SMILES string of the molecule is C[C@@H]1CCCN(C(=O)c2ccccc2)c2c(Cl)cccc21.C[C@@H]1CCCN(C(=O)c2ccccc2)c2c(Cl)cccc21. The van der Waals surface area contributed by atoms with Crippen molar-refractivity contribution in [2.24, 2.45) is 0 Å². The predicted molar refractivity (Wildman–Crippen MR) is 174 cm³/mol. The number of fused-ring (bicyclic) bond motifs is 2. The quantitative estimate of drug-likeness (QED) is 0.230. The summed E-state index contributed by atoms with van der Waals surface area (Å²) in [4.78, 5) is 29.4. The maximum Gasteiger partial charge on any atom is 0.258 e. The molecule has 0 aromatic heterocycles. The first-order valence-electron chi connectivity index (χ1n) is 14.7. The van der Waals surface area contributed by atoms with E-state index in [1.165, 1.54) is 11.1 Å². The number of carbonyl (C=O) groups is 2. The Morgan fingerprint density at radius 2 is 0.952 bits per heavy atom. The zero-order valence-corrected chi connectivity index (χ0v) is 25.6. The lowest BCUT2D eigenvalue weighted by molar-refractivity contribution is 0.0979. The van der Waals surface area contributed by atoms with Crippen molar-refractivity contribution in [3.63, 3.8) is 0 Å². The molecule has 2 aliphatic rings. The molecule has 0 bridgehead atoms. The molecule has 216 valence electrons. The molecule has 6 rings (SSSR count). The van der Waals surface area contributed by atoms with Crippen LogP contribution in [0.4, 0.5) is 11.4 Å². The van der Waals surface area contributed by atoms with Crippen molar-refractivity contribution in [1.82, 2.24) is 0 Å². The van der Waals surface area contributed by atoms with Gasteiger partial charge in [0.1, 0.15) is 0 Å². The second-order valence-corrected chi connectivity index (χ2v) is 11.9. The summed E-state index contributed by atoms with van der Waals surface area (Å²) >= 11 is 12.8. The molecular formula is C36H36Cl2N2O2. The Balaban J connectivity index is 0.000000168. The zero-order valence-electron chi connectivity index (χ0n) is 24.1. The van der Waals surface area contributed by atoms with Crippen LogP contribution in [-0.4, -0.2) is 24.9 Å². The second-order valence-electron chi connectivity index (χ2n) is 11.1.